The van der Waals surface area contributed by atoms with Crippen LogP contribution in [0.1, 0.15) is 108 Å². The zero-order valence-corrected chi connectivity index (χ0v) is 26.3. The quantitative estimate of drug-likeness (QED) is 0.160. The number of unbranched alkanes of at least 4 members (excludes halogenated alkanes) is 8. The van der Waals surface area contributed by atoms with Crippen LogP contribution in [0.15, 0.2) is 66.7 Å². The first-order chi connectivity index (χ1) is 19.9. The van der Waals surface area contributed by atoms with Crippen LogP contribution in [0, 0.1) is 25.5 Å². The number of aryl methyl sites for hydroxylation is 3. The molecule has 0 aliphatic carbocycles. The summed E-state index contributed by atoms with van der Waals surface area (Å²) in [6.07, 6.45) is 14.6. The number of benzene rings is 3. The van der Waals surface area contributed by atoms with Gasteiger partial charge in [0.15, 0.2) is 11.6 Å². The van der Waals surface area contributed by atoms with Crippen molar-refractivity contribution in [3.05, 3.63) is 95.1 Å². The highest BCUT2D eigenvalue weighted by Gasteiger charge is 2.07. The van der Waals surface area contributed by atoms with E-state index in [-0.39, 0.29) is 5.75 Å². The highest BCUT2D eigenvalue weighted by Crippen LogP contribution is 2.19. The summed E-state index contributed by atoms with van der Waals surface area (Å²) in [6, 6.07) is 20.8. The molecule has 0 saturated heterocycles. The Hall–Kier alpha value is -2.88. The number of hydrogen-bond acceptors (Lipinski definition) is 2. The minimum Gasteiger partial charge on any atom is -0.493 e. The number of hydrogen-bond donors (Lipinski definition) is 0. The van der Waals surface area contributed by atoms with Crippen molar-refractivity contribution in [3.63, 3.8) is 0 Å². The largest absolute Gasteiger partial charge is 0.493 e. The molecule has 0 atom stereocenters. The van der Waals surface area contributed by atoms with Gasteiger partial charge in [0.2, 0.25) is 5.82 Å². The van der Waals surface area contributed by atoms with Crippen molar-refractivity contribution in [1.82, 2.24) is 0 Å². The first-order valence-electron chi connectivity index (χ1n) is 15.7. The van der Waals surface area contributed by atoms with Gasteiger partial charge in [-0.25, -0.2) is 4.39 Å². The van der Waals surface area contributed by atoms with Gasteiger partial charge in [-0.1, -0.05) is 121 Å². The fourth-order valence-electron chi connectivity index (χ4n) is 4.19. The van der Waals surface area contributed by atoms with Gasteiger partial charge in [-0.05, 0) is 74.4 Å². The fourth-order valence-corrected chi connectivity index (χ4v) is 4.19. The van der Waals surface area contributed by atoms with Crippen LogP contribution in [-0.2, 0) is 6.42 Å². The molecule has 0 spiro atoms. The van der Waals surface area contributed by atoms with E-state index < -0.39 is 11.6 Å². The molecule has 0 bridgehead atoms. The predicted octanol–water partition coefficient (Wildman–Crippen LogP) is 11.6. The first-order valence-corrected chi connectivity index (χ1v) is 15.7. The maximum Gasteiger partial charge on any atom is 0.200 e. The van der Waals surface area contributed by atoms with Crippen LogP contribution in [0.25, 0.3) is 0 Å². The average Bonchev–Trinajstić information content (AvgIpc) is 2.98. The standard InChI is InChI=1S/C13H20.C12H16F2O.C12H18O/c1-3-4-5-6-10-13-11-8-7-9-12(13)2;1-2-3-4-5-9-15-11-8-6-7-10(13)12(11)14;1-3-4-7-10-13-12-9-6-5-8-11(12)2/h7-9,11H,3-6,10H2,1-2H3;6-8H,2-5,9H2,1H3;5-6,8-9H,3-4,7,10H2,1-2H3. The number of para-hydroxylation sites is 1. The number of rotatable bonds is 16. The molecular weight excluding hydrogens is 514 g/mol. The summed E-state index contributed by atoms with van der Waals surface area (Å²) in [5.74, 6) is -0.723. The fraction of sp³-hybridized carbons (Fsp3) is 0.514. The molecule has 2 nitrogen and oxygen atoms in total. The maximum atomic E-state index is 13.1. The summed E-state index contributed by atoms with van der Waals surface area (Å²) in [5.41, 5.74) is 4.19. The van der Waals surface area contributed by atoms with E-state index in [0.29, 0.717) is 6.61 Å². The molecule has 0 aliphatic rings. The lowest BCUT2D eigenvalue weighted by Gasteiger charge is -2.07. The molecule has 0 fully saturated rings. The molecule has 3 aromatic carbocycles. The predicted molar refractivity (Wildman–Crippen MR) is 171 cm³/mol. The van der Waals surface area contributed by atoms with Crippen molar-refractivity contribution in [3.8, 4) is 11.5 Å². The average molecular weight is 569 g/mol. The Morgan fingerprint density at radius 2 is 1.02 bits per heavy atom. The molecule has 0 amide bonds. The van der Waals surface area contributed by atoms with E-state index in [2.05, 4.69) is 65.0 Å². The Morgan fingerprint density at radius 3 is 1.66 bits per heavy atom. The van der Waals surface area contributed by atoms with Gasteiger partial charge in [-0.15, -0.1) is 0 Å². The van der Waals surface area contributed by atoms with Crippen molar-refractivity contribution >= 4 is 0 Å². The van der Waals surface area contributed by atoms with E-state index in [1.54, 1.807) is 0 Å². The van der Waals surface area contributed by atoms with Crippen LogP contribution in [0.5, 0.6) is 11.5 Å². The summed E-state index contributed by atoms with van der Waals surface area (Å²) in [5, 5.41) is 0. The number of ether oxygens (including phenoxy) is 2. The van der Waals surface area contributed by atoms with E-state index in [4.69, 9.17) is 9.47 Å². The lowest BCUT2D eigenvalue weighted by atomic mass is 10.0. The minimum atomic E-state index is -0.895. The highest BCUT2D eigenvalue weighted by atomic mass is 19.2. The third-order valence-electron chi connectivity index (χ3n) is 6.83. The van der Waals surface area contributed by atoms with Gasteiger partial charge in [-0.2, -0.15) is 4.39 Å². The SMILES string of the molecule is CCCCCCOc1cccc(F)c1F.CCCCCCc1ccccc1C.CCCCCOc1ccccc1C. The van der Waals surface area contributed by atoms with Crippen LogP contribution in [0.3, 0.4) is 0 Å². The zero-order valence-electron chi connectivity index (χ0n) is 26.3. The zero-order chi connectivity index (χ0) is 30.1. The van der Waals surface area contributed by atoms with Crippen LogP contribution < -0.4 is 9.47 Å². The molecule has 0 saturated carbocycles. The Labute approximate surface area is 249 Å². The summed E-state index contributed by atoms with van der Waals surface area (Å²) < 4.78 is 36.6. The summed E-state index contributed by atoms with van der Waals surface area (Å²) in [7, 11) is 0. The molecule has 0 aromatic heterocycles. The van der Waals surface area contributed by atoms with Crippen LogP contribution >= 0.6 is 0 Å². The van der Waals surface area contributed by atoms with E-state index >= 15 is 0 Å². The Morgan fingerprint density at radius 1 is 0.512 bits per heavy atom. The van der Waals surface area contributed by atoms with Gasteiger partial charge >= 0.3 is 0 Å². The molecule has 3 rings (SSSR count). The van der Waals surface area contributed by atoms with E-state index in [0.717, 1.165) is 50.5 Å². The van der Waals surface area contributed by atoms with Crippen LogP contribution in [-0.4, -0.2) is 13.2 Å². The molecule has 41 heavy (non-hydrogen) atoms. The smallest absolute Gasteiger partial charge is 0.200 e. The van der Waals surface area contributed by atoms with Crippen LogP contribution in [0.4, 0.5) is 8.78 Å². The molecule has 3 aromatic rings. The molecule has 0 N–H and O–H groups in total. The second kappa shape index (κ2) is 23.8. The third-order valence-corrected chi connectivity index (χ3v) is 6.83. The third kappa shape index (κ3) is 16.9. The van der Waals surface area contributed by atoms with Crippen molar-refractivity contribution in [1.29, 1.82) is 0 Å². The van der Waals surface area contributed by atoms with Gasteiger partial charge < -0.3 is 9.47 Å². The summed E-state index contributed by atoms with van der Waals surface area (Å²) in [4.78, 5) is 0. The highest BCUT2D eigenvalue weighted by molar-refractivity contribution is 5.31. The maximum absolute atomic E-state index is 13.1. The Kier molecular flexibility index (Phi) is 21.0. The van der Waals surface area contributed by atoms with Crippen molar-refractivity contribution in [2.45, 2.75) is 112 Å². The van der Waals surface area contributed by atoms with E-state index in [1.165, 1.54) is 73.8 Å². The van der Waals surface area contributed by atoms with Gasteiger partial charge in [0.05, 0.1) is 13.2 Å². The van der Waals surface area contributed by atoms with Crippen molar-refractivity contribution < 1.29 is 18.3 Å². The lowest BCUT2D eigenvalue weighted by molar-refractivity contribution is 0.285. The molecule has 0 aliphatic heterocycles. The van der Waals surface area contributed by atoms with E-state index in [9.17, 15) is 8.78 Å². The van der Waals surface area contributed by atoms with E-state index in [1.807, 2.05) is 18.2 Å². The molecule has 4 heteroatoms. The monoisotopic (exact) mass is 568 g/mol. The molecule has 228 valence electrons. The summed E-state index contributed by atoms with van der Waals surface area (Å²) >= 11 is 0. The molecule has 0 unspecified atom stereocenters. The second-order valence-corrected chi connectivity index (χ2v) is 10.5. The number of halogens is 2. The summed E-state index contributed by atoms with van der Waals surface area (Å²) in [6.45, 7) is 12.2. The van der Waals surface area contributed by atoms with Gasteiger partial charge in [0.25, 0.3) is 0 Å². The van der Waals surface area contributed by atoms with Crippen LogP contribution in [0.2, 0.25) is 0 Å². The Bertz CT molecular complexity index is 997. The lowest BCUT2D eigenvalue weighted by Crippen LogP contribution is -2.00. The van der Waals surface area contributed by atoms with Crippen molar-refractivity contribution in [2.75, 3.05) is 13.2 Å². The van der Waals surface area contributed by atoms with Gasteiger partial charge in [0.1, 0.15) is 5.75 Å². The van der Waals surface area contributed by atoms with Crippen molar-refractivity contribution in [2.24, 2.45) is 0 Å². The van der Waals surface area contributed by atoms with Gasteiger partial charge in [-0.3, -0.25) is 0 Å². The topological polar surface area (TPSA) is 18.5 Å². The minimum absolute atomic E-state index is 0.00602. The Balaban J connectivity index is 0.000000309. The second-order valence-electron chi connectivity index (χ2n) is 10.5. The first kappa shape index (κ1) is 36.1. The molecule has 0 heterocycles. The normalized spacial score (nSPS) is 10.2. The molecule has 0 radical (unpaired) electrons. The molecular formula is C37H54F2O2. The van der Waals surface area contributed by atoms with Gasteiger partial charge in [0, 0.05) is 0 Å².